The van der Waals surface area contributed by atoms with Crippen LogP contribution in [0.5, 0.6) is 0 Å². The summed E-state index contributed by atoms with van der Waals surface area (Å²) >= 11 is 0. The molecule has 1 N–H and O–H groups in total. The molecule has 1 heterocycles. The predicted molar refractivity (Wildman–Crippen MR) is 43.9 cm³/mol. The molecule has 72 valence electrons. The molecule has 0 unspecified atom stereocenters. The first-order valence-electron chi connectivity index (χ1n) is 3.70. The smallest absolute Gasteiger partial charge is 0.374 e. The van der Waals surface area contributed by atoms with E-state index >= 15 is 0 Å². The molecule has 0 aliphatic rings. The number of furan rings is 1. The number of carbonyl (C=O) groups excluding carboxylic acids is 1. The maximum Gasteiger partial charge on any atom is 0.374 e. The van der Waals surface area contributed by atoms with E-state index in [2.05, 4.69) is 15.1 Å². The predicted octanol–water partition coefficient (Wildman–Crippen LogP) is 0.717. The Hall–Kier alpha value is -1.33. The Bertz CT molecular complexity index is 281. The molecule has 5 nitrogen and oxygen atoms in total. The number of methoxy groups -OCH3 is 1. The third kappa shape index (κ3) is 2.30. The minimum atomic E-state index is -0.488. The van der Waals surface area contributed by atoms with Gasteiger partial charge in [0.2, 0.25) is 5.76 Å². The summed E-state index contributed by atoms with van der Waals surface area (Å²) in [5.41, 5.74) is 3.30. The largest absolute Gasteiger partial charge is 0.463 e. The molecule has 0 amide bonds. The third-order valence-corrected chi connectivity index (χ3v) is 1.52. The molecule has 1 aromatic rings. The summed E-state index contributed by atoms with van der Waals surface area (Å²) in [6.07, 6.45) is 1.43. The van der Waals surface area contributed by atoms with Gasteiger partial charge in [0, 0.05) is 5.56 Å². The van der Waals surface area contributed by atoms with E-state index in [9.17, 15) is 4.79 Å². The van der Waals surface area contributed by atoms with Crippen LogP contribution in [0.25, 0.3) is 0 Å². The maximum absolute atomic E-state index is 11.1. The molecule has 5 heteroatoms. The van der Waals surface area contributed by atoms with Crippen LogP contribution in [0.1, 0.15) is 16.1 Å². The van der Waals surface area contributed by atoms with Gasteiger partial charge in [0.25, 0.3) is 0 Å². The number of hydroxylamine groups is 1. The molecule has 0 aliphatic heterocycles. The summed E-state index contributed by atoms with van der Waals surface area (Å²) in [4.78, 5) is 15.7. The molecule has 0 aromatic carbocycles. The van der Waals surface area contributed by atoms with Gasteiger partial charge < -0.3 is 14.0 Å². The van der Waals surface area contributed by atoms with Crippen molar-refractivity contribution in [1.82, 2.24) is 5.48 Å². The van der Waals surface area contributed by atoms with Gasteiger partial charge in [-0.15, -0.1) is 0 Å². The second-order valence-electron chi connectivity index (χ2n) is 2.29. The Morgan fingerprint density at radius 1 is 1.62 bits per heavy atom. The van der Waals surface area contributed by atoms with Crippen molar-refractivity contribution in [3.05, 3.63) is 23.7 Å². The van der Waals surface area contributed by atoms with E-state index in [1.54, 1.807) is 6.07 Å². The second-order valence-corrected chi connectivity index (χ2v) is 2.29. The fourth-order valence-corrected chi connectivity index (χ4v) is 0.897. The van der Waals surface area contributed by atoms with E-state index in [0.717, 1.165) is 0 Å². The van der Waals surface area contributed by atoms with E-state index in [4.69, 9.17) is 4.42 Å². The Labute approximate surface area is 75.6 Å². The summed E-state index contributed by atoms with van der Waals surface area (Å²) in [5, 5.41) is 0. The van der Waals surface area contributed by atoms with Crippen molar-refractivity contribution >= 4 is 5.97 Å². The van der Waals surface area contributed by atoms with Crippen molar-refractivity contribution in [3.8, 4) is 0 Å². The van der Waals surface area contributed by atoms with Crippen molar-refractivity contribution in [3.63, 3.8) is 0 Å². The van der Waals surface area contributed by atoms with Crippen LogP contribution in [0.3, 0.4) is 0 Å². The Balaban J connectivity index is 2.71. The molecule has 0 saturated carbocycles. The number of nitrogens with one attached hydrogen (secondary N) is 1. The first kappa shape index (κ1) is 9.76. The number of esters is 1. The first-order chi connectivity index (χ1) is 6.29. The minimum Gasteiger partial charge on any atom is -0.463 e. The molecule has 1 aromatic heterocycles. The van der Waals surface area contributed by atoms with Crippen LogP contribution >= 0.6 is 0 Å². The topological polar surface area (TPSA) is 60.7 Å². The van der Waals surface area contributed by atoms with Gasteiger partial charge in [-0.25, -0.2) is 4.79 Å². The lowest BCUT2D eigenvalue weighted by Gasteiger charge is -2.00. The molecular formula is C8H11NO4. The van der Waals surface area contributed by atoms with Gasteiger partial charge in [0.05, 0.1) is 27.0 Å². The number of hydrogen-bond acceptors (Lipinski definition) is 5. The van der Waals surface area contributed by atoms with Crippen molar-refractivity contribution < 1.29 is 18.8 Å². The monoisotopic (exact) mass is 185 g/mol. The summed E-state index contributed by atoms with van der Waals surface area (Å²) in [6, 6.07) is 1.68. The summed E-state index contributed by atoms with van der Waals surface area (Å²) in [7, 11) is 2.80. The minimum absolute atomic E-state index is 0.201. The summed E-state index contributed by atoms with van der Waals surface area (Å²) < 4.78 is 9.46. The number of ether oxygens (including phenoxy) is 1. The molecule has 1 rings (SSSR count). The van der Waals surface area contributed by atoms with Crippen LogP contribution in [0.15, 0.2) is 16.7 Å². The normalized spacial score (nSPS) is 10.0. The van der Waals surface area contributed by atoms with Gasteiger partial charge in [-0.05, 0) is 6.07 Å². The first-order valence-corrected chi connectivity index (χ1v) is 3.70. The SMILES string of the molecule is CONCc1ccoc1C(=O)OC. The zero-order chi connectivity index (χ0) is 9.68. The highest BCUT2D eigenvalue weighted by atomic mass is 16.6. The lowest BCUT2D eigenvalue weighted by molar-refractivity contribution is 0.0557. The van der Waals surface area contributed by atoms with Crippen LogP contribution < -0.4 is 5.48 Å². The molecule has 13 heavy (non-hydrogen) atoms. The Morgan fingerprint density at radius 2 is 2.38 bits per heavy atom. The summed E-state index contributed by atoms with van der Waals surface area (Å²) in [6.45, 7) is 0.400. The van der Waals surface area contributed by atoms with Crippen molar-refractivity contribution in [2.24, 2.45) is 0 Å². The lowest BCUT2D eigenvalue weighted by Crippen LogP contribution is -2.13. The highest BCUT2D eigenvalue weighted by Crippen LogP contribution is 2.11. The average molecular weight is 185 g/mol. The number of rotatable bonds is 4. The standard InChI is InChI=1S/C8H11NO4/c1-11-8(10)7-6(3-4-13-7)5-9-12-2/h3-4,9H,5H2,1-2H3. The van der Waals surface area contributed by atoms with Crippen LogP contribution in [-0.2, 0) is 16.1 Å². The Morgan fingerprint density at radius 3 is 3.00 bits per heavy atom. The van der Waals surface area contributed by atoms with Gasteiger partial charge >= 0.3 is 5.97 Å². The third-order valence-electron chi connectivity index (χ3n) is 1.52. The van der Waals surface area contributed by atoms with Crippen LogP contribution in [0, 0.1) is 0 Å². The molecule has 0 bridgehead atoms. The van der Waals surface area contributed by atoms with Crippen LogP contribution in [-0.4, -0.2) is 20.2 Å². The van der Waals surface area contributed by atoms with Gasteiger partial charge in [-0.2, -0.15) is 5.48 Å². The Kier molecular flexibility index (Phi) is 3.48. The molecule has 0 radical (unpaired) electrons. The quantitative estimate of drug-likeness (QED) is 0.553. The average Bonchev–Trinajstić information content (AvgIpc) is 2.61. The summed E-state index contributed by atoms with van der Waals surface area (Å²) in [5.74, 6) is -0.287. The zero-order valence-corrected chi connectivity index (χ0v) is 7.49. The van der Waals surface area contributed by atoms with E-state index in [-0.39, 0.29) is 5.76 Å². The zero-order valence-electron chi connectivity index (χ0n) is 7.49. The fraction of sp³-hybridized carbons (Fsp3) is 0.375. The van der Waals surface area contributed by atoms with Crippen LogP contribution in [0.2, 0.25) is 0 Å². The van der Waals surface area contributed by atoms with Crippen LogP contribution in [0.4, 0.5) is 0 Å². The number of hydrogen-bond donors (Lipinski definition) is 1. The molecule has 0 saturated heterocycles. The highest BCUT2D eigenvalue weighted by molar-refractivity contribution is 5.87. The van der Waals surface area contributed by atoms with Crippen molar-refractivity contribution in [1.29, 1.82) is 0 Å². The van der Waals surface area contributed by atoms with E-state index < -0.39 is 5.97 Å². The van der Waals surface area contributed by atoms with Crippen molar-refractivity contribution in [2.45, 2.75) is 6.54 Å². The van der Waals surface area contributed by atoms with Crippen molar-refractivity contribution in [2.75, 3.05) is 14.2 Å². The van der Waals surface area contributed by atoms with E-state index in [1.807, 2.05) is 0 Å². The van der Waals surface area contributed by atoms with Gasteiger partial charge in [0.15, 0.2) is 0 Å². The molecule has 0 spiro atoms. The lowest BCUT2D eigenvalue weighted by atomic mass is 10.2. The highest BCUT2D eigenvalue weighted by Gasteiger charge is 2.14. The van der Waals surface area contributed by atoms with Gasteiger partial charge in [0.1, 0.15) is 0 Å². The molecule has 0 atom stereocenters. The molecular weight excluding hydrogens is 174 g/mol. The van der Waals surface area contributed by atoms with E-state index in [0.29, 0.717) is 12.1 Å². The molecule has 0 aliphatic carbocycles. The van der Waals surface area contributed by atoms with Gasteiger partial charge in [-0.1, -0.05) is 0 Å². The van der Waals surface area contributed by atoms with E-state index in [1.165, 1.54) is 20.5 Å². The second kappa shape index (κ2) is 4.64. The molecule has 0 fully saturated rings. The number of carbonyl (C=O) groups is 1. The fourth-order valence-electron chi connectivity index (χ4n) is 0.897. The van der Waals surface area contributed by atoms with Gasteiger partial charge in [-0.3, -0.25) is 0 Å². The maximum atomic E-state index is 11.1.